The van der Waals surface area contributed by atoms with Gasteiger partial charge in [0.1, 0.15) is 0 Å². The van der Waals surface area contributed by atoms with Gasteiger partial charge in [-0.25, -0.2) is 10.1 Å². The monoisotopic (exact) mass is 299 g/mol. The maximum atomic E-state index is 5.47. The summed E-state index contributed by atoms with van der Waals surface area (Å²) in [7, 11) is 3.60. The third-order valence-corrected chi connectivity index (χ3v) is 2.06. The lowest BCUT2D eigenvalue weighted by Crippen LogP contribution is -2.26. The van der Waals surface area contributed by atoms with Crippen molar-refractivity contribution in [3.8, 4) is 0 Å². The highest BCUT2D eigenvalue weighted by molar-refractivity contribution is 9.11. The molecule has 0 radical (unpaired) electrons. The molecular weight excluding hydrogens is 282 g/mol. The number of allylic oxidation sites excluding steroid dienone is 4. The first kappa shape index (κ1) is 15.7. The maximum absolute atomic E-state index is 5.47. The van der Waals surface area contributed by atoms with Crippen LogP contribution in [0.2, 0.25) is 0 Å². The fraction of sp³-hybridized carbons (Fsp3) is 0.250. The third-order valence-electron chi connectivity index (χ3n) is 1.54. The lowest BCUT2D eigenvalue weighted by Gasteiger charge is -2.15. The Balaban J connectivity index is 4.57. The van der Waals surface area contributed by atoms with Crippen molar-refractivity contribution < 1.29 is 4.84 Å². The number of hydroxylamine groups is 2. The number of aliphatic imine (C=N–C) groups is 1. The first-order valence-corrected chi connectivity index (χ1v) is 5.82. The third kappa shape index (κ3) is 8.47. The minimum atomic E-state index is 0.528. The van der Waals surface area contributed by atoms with Crippen LogP contribution in [0.1, 0.15) is 0 Å². The molecule has 0 aromatic carbocycles. The molecule has 0 aliphatic heterocycles. The Hall–Kier alpha value is -1.33. The summed E-state index contributed by atoms with van der Waals surface area (Å²) < 4.78 is 0.791. The summed E-state index contributed by atoms with van der Waals surface area (Å²) in [6, 6.07) is 0. The molecule has 0 rings (SSSR count). The normalized spacial score (nSPS) is 12.6. The first-order valence-electron chi connectivity index (χ1n) is 5.03. The molecule has 0 fully saturated rings. The summed E-state index contributed by atoms with van der Waals surface area (Å²) in [4.78, 5) is 9.66. The second-order valence-corrected chi connectivity index (χ2v) is 3.90. The topological polar surface area (TPSA) is 36.9 Å². The minimum absolute atomic E-state index is 0.528. The highest BCUT2D eigenvalue weighted by Crippen LogP contribution is 2.05. The Labute approximate surface area is 111 Å². The number of halogens is 1. The van der Waals surface area contributed by atoms with Crippen LogP contribution in [0.4, 0.5) is 0 Å². The lowest BCUT2D eigenvalue weighted by molar-refractivity contribution is 0.00309. The SMILES string of the molecule is C=C/C=C\N(C)OC(CNC)=N/C=C(/Br)C=C. The zero-order valence-electron chi connectivity index (χ0n) is 10.2. The molecule has 0 amide bonds. The van der Waals surface area contributed by atoms with Gasteiger partial charge in [-0.2, -0.15) is 0 Å². The van der Waals surface area contributed by atoms with Crippen LogP contribution in [-0.4, -0.2) is 31.6 Å². The average Bonchev–Trinajstić information content (AvgIpc) is 2.33. The second kappa shape index (κ2) is 9.86. The summed E-state index contributed by atoms with van der Waals surface area (Å²) in [5.41, 5.74) is 0. The molecule has 0 saturated carbocycles. The van der Waals surface area contributed by atoms with E-state index in [0.717, 1.165) is 4.48 Å². The molecule has 0 aliphatic rings. The Morgan fingerprint density at radius 2 is 2.24 bits per heavy atom. The number of hydrogen-bond acceptors (Lipinski definition) is 4. The Morgan fingerprint density at radius 3 is 2.76 bits per heavy atom. The maximum Gasteiger partial charge on any atom is 0.235 e. The molecule has 0 aliphatic carbocycles. The molecule has 0 spiro atoms. The zero-order valence-corrected chi connectivity index (χ0v) is 11.8. The van der Waals surface area contributed by atoms with Crippen LogP contribution in [0.5, 0.6) is 0 Å². The van der Waals surface area contributed by atoms with Gasteiger partial charge in [-0.3, -0.25) is 0 Å². The van der Waals surface area contributed by atoms with Gasteiger partial charge in [-0.15, -0.1) is 0 Å². The Bertz CT molecular complexity index is 335. The predicted molar refractivity (Wildman–Crippen MR) is 76.8 cm³/mol. The van der Waals surface area contributed by atoms with E-state index in [1.165, 1.54) is 0 Å². The smallest absolute Gasteiger partial charge is 0.235 e. The van der Waals surface area contributed by atoms with E-state index in [9.17, 15) is 0 Å². The number of hydrogen-bond donors (Lipinski definition) is 1. The largest absolute Gasteiger partial charge is 0.363 e. The van der Waals surface area contributed by atoms with Gasteiger partial charge in [-0.1, -0.05) is 25.3 Å². The van der Waals surface area contributed by atoms with Crippen LogP contribution in [-0.2, 0) is 4.84 Å². The number of nitrogens with one attached hydrogen (secondary N) is 1. The average molecular weight is 300 g/mol. The van der Waals surface area contributed by atoms with Crippen molar-refractivity contribution in [1.29, 1.82) is 0 Å². The Morgan fingerprint density at radius 1 is 1.53 bits per heavy atom. The molecular formula is C12H18BrN3O. The van der Waals surface area contributed by atoms with E-state index in [4.69, 9.17) is 4.84 Å². The van der Waals surface area contributed by atoms with Gasteiger partial charge in [0.25, 0.3) is 0 Å². The molecule has 0 saturated heterocycles. The van der Waals surface area contributed by atoms with Crippen molar-refractivity contribution >= 4 is 21.8 Å². The highest BCUT2D eigenvalue weighted by atomic mass is 79.9. The van der Waals surface area contributed by atoms with Gasteiger partial charge in [0, 0.05) is 23.9 Å². The summed E-state index contributed by atoms with van der Waals surface area (Å²) in [6.07, 6.45) is 8.46. The van der Waals surface area contributed by atoms with Crippen molar-refractivity contribution in [2.75, 3.05) is 20.6 Å². The standard InChI is InChI=1S/C12H18BrN3O/c1-5-7-8-16(4)17-12(10-14-3)15-9-11(13)6-2/h5-9,14H,1-2,10H2,3-4H3/b8-7-,11-9+,15-12?. The summed E-state index contributed by atoms with van der Waals surface area (Å²) >= 11 is 3.28. The van der Waals surface area contributed by atoms with Crippen molar-refractivity contribution in [1.82, 2.24) is 10.4 Å². The number of rotatable bonds is 7. The summed E-state index contributed by atoms with van der Waals surface area (Å²) in [5, 5.41) is 4.52. The molecule has 1 N–H and O–H groups in total. The first-order chi connectivity index (χ1) is 8.13. The fourth-order valence-electron chi connectivity index (χ4n) is 0.818. The van der Waals surface area contributed by atoms with E-state index in [1.807, 2.05) is 7.05 Å². The van der Waals surface area contributed by atoms with E-state index in [2.05, 4.69) is 39.4 Å². The van der Waals surface area contributed by atoms with Crippen molar-refractivity contribution in [2.24, 2.45) is 4.99 Å². The minimum Gasteiger partial charge on any atom is -0.363 e. The van der Waals surface area contributed by atoms with E-state index < -0.39 is 0 Å². The van der Waals surface area contributed by atoms with Crippen molar-refractivity contribution in [3.63, 3.8) is 0 Å². The number of nitrogens with zero attached hydrogens (tertiary/aromatic N) is 2. The lowest BCUT2D eigenvalue weighted by atomic mass is 10.6. The van der Waals surface area contributed by atoms with Gasteiger partial charge in [0.2, 0.25) is 5.90 Å². The van der Waals surface area contributed by atoms with E-state index in [1.54, 1.807) is 42.7 Å². The molecule has 0 aromatic rings. The zero-order chi connectivity index (χ0) is 13.1. The van der Waals surface area contributed by atoms with Crippen LogP contribution < -0.4 is 5.32 Å². The predicted octanol–water partition coefficient (Wildman–Crippen LogP) is 2.59. The highest BCUT2D eigenvalue weighted by Gasteiger charge is 2.00. The van der Waals surface area contributed by atoms with Crippen molar-refractivity contribution in [2.45, 2.75) is 0 Å². The molecule has 0 unspecified atom stereocenters. The fourth-order valence-corrected chi connectivity index (χ4v) is 0.920. The van der Waals surface area contributed by atoms with Gasteiger partial charge in [-0.05, 0) is 29.1 Å². The summed E-state index contributed by atoms with van der Waals surface area (Å²) in [5.74, 6) is 0.544. The van der Waals surface area contributed by atoms with Gasteiger partial charge in [0.05, 0.1) is 6.54 Å². The van der Waals surface area contributed by atoms with Crippen LogP contribution in [0.15, 0.2) is 53.3 Å². The van der Waals surface area contributed by atoms with Gasteiger partial charge < -0.3 is 10.2 Å². The summed E-state index contributed by atoms with van der Waals surface area (Å²) in [6.45, 7) is 7.72. The molecule has 0 bridgehead atoms. The second-order valence-electron chi connectivity index (χ2n) is 2.99. The molecule has 4 nitrogen and oxygen atoms in total. The molecule has 94 valence electrons. The van der Waals surface area contributed by atoms with Crippen LogP contribution >= 0.6 is 15.9 Å². The quantitative estimate of drug-likeness (QED) is 0.340. The molecule has 17 heavy (non-hydrogen) atoms. The van der Waals surface area contributed by atoms with Crippen LogP contribution in [0, 0.1) is 0 Å². The van der Waals surface area contributed by atoms with Crippen LogP contribution in [0.25, 0.3) is 0 Å². The van der Waals surface area contributed by atoms with E-state index >= 15 is 0 Å². The molecule has 0 aromatic heterocycles. The Kier molecular flexibility index (Phi) is 9.09. The van der Waals surface area contributed by atoms with E-state index in [-0.39, 0.29) is 0 Å². The van der Waals surface area contributed by atoms with Gasteiger partial charge >= 0.3 is 0 Å². The molecule has 0 atom stereocenters. The van der Waals surface area contributed by atoms with Gasteiger partial charge in [0.15, 0.2) is 0 Å². The van der Waals surface area contributed by atoms with E-state index in [0.29, 0.717) is 12.4 Å². The number of likely N-dealkylation sites (N-methyl/N-ethyl adjacent to an activating group) is 1. The van der Waals surface area contributed by atoms with Crippen LogP contribution in [0.3, 0.4) is 0 Å². The molecule has 5 heteroatoms. The van der Waals surface area contributed by atoms with Crippen molar-refractivity contribution in [3.05, 3.63) is 48.3 Å². The molecule has 0 heterocycles.